The maximum absolute atomic E-state index is 13.1. The van der Waals surface area contributed by atoms with Crippen molar-refractivity contribution in [2.75, 3.05) is 23.4 Å². The van der Waals surface area contributed by atoms with Gasteiger partial charge in [0.25, 0.3) is 11.8 Å². The number of rotatable bonds is 4. The van der Waals surface area contributed by atoms with Crippen LogP contribution in [0.1, 0.15) is 26.3 Å². The van der Waals surface area contributed by atoms with E-state index >= 15 is 0 Å². The van der Waals surface area contributed by atoms with Crippen LogP contribution in [-0.2, 0) is 0 Å². The summed E-state index contributed by atoms with van der Waals surface area (Å²) in [5.41, 5.74) is 2.36. The molecule has 0 saturated heterocycles. The van der Waals surface area contributed by atoms with Crippen LogP contribution >= 0.6 is 0 Å². The van der Waals surface area contributed by atoms with Crippen molar-refractivity contribution < 1.29 is 14.7 Å². The molecule has 27 heavy (non-hydrogen) atoms. The summed E-state index contributed by atoms with van der Waals surface area (Å²) in [4.78, 5) is 27.3. The highest BCUT2D eigenvalue weighted by Gasteiger charge is 2.34. The molecule has 0 atom stereocenters. The zero-order valence-electron chi connectivity index (χ0n) is 14.3. The number of amides is 2. The van der Waals surface area contributed by atoms with E-state index in [2.05, 4.69) is 5.32 Å². The highest BCUT2D eigenvalue weighted by molar-refractivity contribution is 6.36. The standard InChI is InChI=1S/C21H15N3O3/c22-12-13-3-1-4-14(11-13)24-20(26)16-6-2-5-15-18(23-9-10-25)8-7-17(19(15)16)21(24)27/h1-8,11,23,25H,9-10H2. The first-order valence-corrected chi connectivity index (χ1v) is 8.45. The quantitative estimate of drug-likeness (QED) is 0.700. The number of aliphatic hydroxyl groups excluding tert-OH is 1. The summed E-state index contributed by atoms with van der Waals surface area (Å²) in [6.45, 7) is 0.345. The number of hydrogen-bond acceptors (Lipinski definition) is 5. The molecule has 0 unspecified atom stereocenters. The number of nitrogens with one attached hydrogen (secondary N) is 1. The van der Waals surface area contributed by atoms with Crippen LogP contribution in [0.3, 0.4) is 0 Å². The van der Waals surface area contributed by atoms with E-state index in [9.17, 15) is 9.59 Å². The van der Waals surface area contributed by atoms with Gasteiger partial charge in [0.05, 0.1) is 23.9 Å². The first-order valence-electron chi connectivity index (χ1n) is 8.45. The van der Waals surface area contributed by atoms with Crippen LogP contribution in [0.25, 0.3) is 10.8 Å². The van der Waals surface area contributed by atoms with E-state index < -0.39 is 11.8 Å². The summed E-state index contributed by atoms with van der Waals surface area (Å²) in [5, 5.41) is 22.6. The normalized spacial score (nSPS) is 13.0. The monoisotopic (exact) mass is 357 g/mol. The molecule has 0 spiro atoms. The molecule has 2 amide bonds. The highest BCUT2D eigenvalue weighted by Crippen LogP contribution is 2.36. The minimum absolute atomic E-state index is 0.0240. The number of aliphatic hydroxyl groups is 1. The molecule has 4 rings (SSSR count). The largest absolute Gasteiger partial charge is 0.395 e. The fourth-order valence-electron chi connectivity index (χ4n) is 3.39. The summed E-state index contributed by atoms with van der Waals surface area (Å²) in [6, 6.07) is 17.2. The van der Waals surface area contributed by atoms with Gasteiger partial charge in [0, 0.05) is 34.1 Å². The van der Waals surface area contributed by atoms with Gasteiger partial charge in [-0.1, -0.05) is 18.2 Å². The van der Waals surface area contributed by atoms with Crippen molar-refractivity contribution in [3.63, 3.8) is 0 Å². The van der Waals surface area contributed by atoms with Crippen LogP contribution in [0, 0.1) is 11.3 Å². The van der Waals surface area contributed by atoms with Crippen molar-refractivity contribution in [1.82, 2.24) is 0 Å². The van der Waals surface area contributed by atoms with E-state index in [0.717, 1.165) is 16.0 Å². The van der Waals surface area contributed by atoms with Crippen LogP contribution in [0.5, 0.6) is 0 Å². The molecule has 0 aromatic heterocycles. The van der Waals surface area contributed by atoms with Crippen molar-refractivity contribution >= 4 is 34.0 Å². The number of carbonyl (C=O) groups excluding carboxylic acids is 2. The molecule has 1 aliphatic heterocycles. The third-order valence-corrected chi connectivity index (χ3v) is 4.57. The Balaban J connectivity index is 1.90. The van der Waals surface area contributed by atoms with E-state index in [0.29, 0.717) is 34.3 Å². The smallest absolute Gasteiger partial charge is 0.265 e. The molecule has 132 valence electrons. The summed E-state index contributed by atoms with van der Waals surface area (Å²) >= 11 is 0. The van der Waals surface area contributed by atoms with Crippen LogP contribution < -0.4 is 10.2 Å². The SMILES string of the molecule is N#Cc1cccc(N2C(=O)c3cccc4c(NCCO)ccc(c34)C2=O)c1. The maximum atomic E-state index is 13.1. The second-order valence-corrected chi connectivity index (χ2v) is 6.15. The van der Waals surface area contributed by atoms with Gasteiger partial charge in [0.2, 0.25) is 0 Å². The Morgan fingerprint density at radius 3 is 2.48 bits per heavy atom. The number of nitrogens with zero attached hydrogens (tertiary/aromatic N) is 2. The molecule has 0 bridgehead atoms. The summed E-state index contributed by atoms with van der Waals surface area (Å²) in [5.74, 6) is -0.847. The molecule has 0 radical (unpaired) electrons. The zero-order valence-corrected chi connectivity index (χ0v) is 14.3. The lowest BCUT2D eigenvalue weighted by atomic mass is 9.92. The minimum atomic E-state index is -0.424. The van der Waals surface area contributed by atoms with Gasteiger partial charge in [-0.15, -0.1) is 0 Å². The Kier molecular flexibility index (Phi) is 4.07. The lowest BCUT2D eigenvalue weighted by molar-refractivity contribution is 0.0893. The molecule has 0 aliphatic carbocycles. The third kappa shape index (κ3) is 2.62. The topological polar surface area (TPSA) is 93.4 Å². The van der Waals surface area contributed by atoms with Gasteiger partial charge < -0.3 is 10.4 Å². The van der Waals surface area contributed by atoms with E-state index in [1.807, 2.05) is 12.1 Å². The average Bonchev–Trinajstić information content (AvgIpc) is 2.71. The fourth-order valence-corrected chi connectivity index (χ4v) is 3.39. The van der Waals surface area contributed by atoms with Gasteiger partial charge in [-0.05, 0) is 36.4 Å². The maximum Gasteiger partial charge on any atom is 0.265 e. The molecule has 6 nitrogen and oxygen atoms in total. The van der Waals surface area contributed by atoms with Crippen molar-refractivity contribution in [3.8, 4) is 6.07 Å². The zero-order chi connectivity index (χ0) is 19.0. The van der Waals surface area contributed by atoms with E-state index in [1.165, 1.54) is 6.07 Å². The van der Waals surface area contributed by atoms with Crippen LogP contribution in [-0.4, -0.2) is 30.1 Å². The summed E-state index contributed by atoms with van der Waals surface area (Å²) in [7, 11) is 0. The molecule has 0 saturated carbocycles. The molecule has 2 N–H and O–H groups in total. The Hall–Kier alpha value is -3.69. The van der Waals surface area contributed by atoms with E-state index in [-0.39, 0.29) is 6.61 Å². The van der Waals surface area contributed by atoms with Gasteiger partial charge in [0.1, 0.15) is 0 Å². The van der Waals surface area contributed by atoms with Gasteiger partial charge in [-0.3, -0.25) is 9.59 Å². The molecular formula is C21H15N3O3. The van der Waals surface area contributed by atoms with Crippen LogP contribution in [0.4, 0.5) is 11.4 Å². The van der Waals surface area contributed by atoms with Crippen molar-refractivity contribution in [1.29, 1.82) is 5.26 Å². The van der Waals surface area contributed by atoms with Crippen LogP contribution in [0.15, 0.2) is 54.6 Å². The van der Waals surface area contributed by atoms with Crippen molar-refractivity contribution in [2.45, 2.75) is 0 Å². The molecule has 1 heterocycles. The van der Waals surface area contributed by atoms with E-state index in [1.54, 1.807) is 42.5 Å². The predicted molar refractivity (Wildman–Crippen MR) is 102 cm³/mol. The van der Waals surface area contributed by atoms with Crippen LogP contribution in [0.2, 0.25) is 0 Å². The first kappa shape index (κ1) is 16.8. The average molecular weight is 357 g/mol. The number of hydrogen-bond donors (Lipinski definition) is 2. The predicted octanol–water partition coefficient (Wildman–Crippen LogP) is 2.92. The Bertz CT molecular complexity index is 1110. The molecular weight excluding hydrogens is 342 g/mol. The van der Waals surface area contributed by atoms with Crippen molar-refractivity contribution in [3.05, 3.63) is 71.3 Å². The number of nitriles is 1. The number of anilines is 2. The van der Waals surface area contributed by atoms with Gasteiger partial charge in [-0.25, -0.2) is 4.90 Å². The molecule has 1 aliphatic rings. The first-order chi connectivity index (χ1) is 13.2. The number of imide groups is 1. The summed E-state index contributed by atoms with van der Waals surface area (Å²) < 4.78 is 0. The van der Waals surface area contributed by atoms with E-state index in [4.69, 9.17) is 10.4 Å². The van der Waals surface area contributed by atoms with Gasteiger partial charge >= 0.3 is 0 Å². The second-order valence-electron chi connectivity index (χ2n) is 6.15. The summed E-state index contributed by atoms with van der Waals surface area (Å²) in [6.07, 6.45) is 0. The number of benzene rings is 3. The molecule has 3 aromatic carbocycles. The number of carbonyl (C=O) groups is 2. The van der Waals surface area contributed by atoms with Crippen molar-refractivity contribution in [2.24, 2.45) is 0 Å². The van der Waals surface area contributed by atoms with Gasteiger partial charge in [-0.2, -0.15) is 5.26 Å². The second kappa shape index (κ2) is 6.56. The van der Waals surface area contributed by atoms with Gasteiger partial charge in [0.15, 0.2) is 0 Å². The Labute approximate surface area is 155 Å². The minimum Gasteiger partial charge on any atom is -0.395 e. The highest BCUT2D eigenvalue weighted by atomic mass is 16.3. The fraction of sp³-hybridized carbons (Fsp3) is 0.0952. The Morgan fingerprint density at radius 2 is 1.74 bits per heavy atom. The third-order valence-electron chi connectivity index (χ3n) is 4.57. The molecule has 3 aromatic rings. The molecule has 0 fully saturated rings. The molecule has 6 heteroatoms. The lowest BCUT2D eigenvalue weighted by Crippen LogP contribution is -2.40. The Morgan fingerprint density at radius 1 is 1.00 bits per heavy atom. The lowest BCUT2D eigenvalue weighted by Gasteiger charge is -2.28.